The third-order valence-electron chi connectivity index (χ3n) is 2.69. The average molecular weight is 378 g/mol. The lowest BCUT2D eigenvalue weighted by Crippen LogP contribution is -2.34. The van der Waals surface area contributed by atoms with Crippen LogP contribution in [0, 0.1) is 5.41 Å². The van der Waals surface area contributed by atoms with Crippen molar-refractivity contribution in [3.8, 4) is 0 Å². The topological polar surface area (TPSA) is 42.0 Å². The molecule has 0 spiro atoms. The highest BCUT2D eigenvalue weighted by molar-refractivity contribution is 9.10. The SMILES string of the molecule is CC(C)(CCCBr)CNC(=O)c1ncccc1Br. The lowest BCUT2D eigenvalue weighted by Gasteiger charge is -2.24. The van der Waals surface area contributed by atoms with Crippen molar-refractivity contribution in [3.63, 3.8) is 0 Å². The molecule has 0 atom stereocenters. The van der Waals surface area contributed by atoms with Crippen LogP contribution in [0.1, 0.15) is 37.2 Å². The first-order valence-electron chi connectivity index (χ1n) is 5.91. The summed E-state index contributed by atoms with van der Waals surface area (Å²) in [6.07, 6.45) is 3.80. The lowest BCUT2D eigenvalue weighted by atomic mass is 9.88. The molecular weight excluding hydrogens is 360 g/mol. The molecule has 5 heteroatoms. The summed E-state index contributed by atoms with van der Waals surface area (Å²) in [5, 5.41) is 3.94. The van der Waals surface area contributed by atoms with Gasteiger partial charge in [-0.2, -0.15) is 0 Å². The van der Waals surface area contributed by atoms with Crippen molar-refractivity contribution in [1.29, 1.82) is 0 Å². The van der Waals surface area contributed by atoms with Gasteiger partial charge in [-0.25, -0.2) is 4.98 Å². The summed E-state index contributed by atoms with van der Waals surface area (Å²) < 4.78 is 0.723. The molecular formula is C13H18Br2N2O. The minimum atomic E-state index is -0.130. The van der Waals surface area contributed by atoms with E-state index in [1.807, 2.05) is 6.07 Å². The van der Waals surface area contributed by atoms with Crippen LogP contribution in [0.15, 0.2) is 22.8 Å². The quantitative estimate of drug-likeness (QED) is 0.766. The number of rotatable bonds is 6. The van der Waals surface area contributed by atoms with E-state index in [0.29, 0.717) is 12.2 Å². The van der Waals surface area contributed by atoms with E-state index in [2.05, 4.69) is 56.0 Å². The average Bonchev–Trinajstić information content (AvgIpc) is 2.34. The number of carbonyl (C=O) groups is 1. The normalized spacial score (nSPS) is 11.3. The molecule has 0 aliphatic heterocycles. The monoisotopic (exact) mass is 376 g/mol. The first-order valence-corrected chi connectivity index (χ1v) is 7.82. The Kier molecular flexibility index (Phi) is 6.29. The Bertz CT molecular complexity index is 408. The van der Waals surface area contributed by atoms with Crippen LogP contribution in [0.5, 0.6) is 0 Å². The summed E-state index contributed by atoms with van der Waals surface area (Å²) in [6.45, 7) is 4.97. The van der Waals surface area contributed by atoms with E-state index in [4.69, 9.17) is 0 Å². The van der Waals surface area contributed by atoms with Crippen molar-refractivity contribution in [3.05, 3.63) is 28.5 Å². The predicted molar refractivity (Wildman–Crippen MR) is 81.1 cm³/mol. The Labute approximate surface area is 125 Å². The van der Waals surface area contributed by atoms with Gasteiger partial charge >= 0.3 is 0 Å². The van der Waals surface area contributed by atoms with Crippen LogP contribution in [0.3, 0.4) is 0 Å². The summed E-state index contributed by atoms with van der Waals surface area (Å²) in [5.74, 6) is -0.130. The van der Waals surface area contributed by atoms with Crippen molar-refractivity contribution in [2.45, 2.75) is 26.7 Å². The Balaban J connectivity index is 2.54. The van der Waals surface area contributed by atoms with Crippen LogP contribution in [0.2, 0.25) is 0 Å². The van der Waals surface area contributed by atoms with E-state index < -0.39 is 0 Å². The van der Waals surface area contributed by atoms with Crippen molar-refractivity contribution in [2.24, 2.45) is 5.41 Å². The van der Waals surface area contributed by atoms with E-state index in [-0.39, 0.29) is 11.3 Å². The first-order chi connectivity index (χ1) is 8.46. The molecule has 1 heterocycles. The zero-order chi connectivity index (χ0) is 13.6. The Morgan fingerprint density at radius 3 is 2.83 bits per heavy atom. The van der Waals surface area contributed by atoms with Gasteiger partial charge in [0, 0.05) is 22.5 Å². The molecule has 0 fully saturated rings. The Hall–Kier alpha value is -0.420. The fourth-order valence-corrected chi connectivity index (χ4v) is 2.31. The molecule has 1 amide bonds. The summed E-state index contributed by atoms with van der Waals surface area (Å²) in [7, 11) is 0. The molecule has 1 aromatic heterocycles. The van der Waals surface area contributed by atoms with E-state index in [1.165, 1.54) is 0 Å². The smallest absolute Gasteiger partial charge is 0.271 e. The van der Waals surface area contributed by atoms with Crippen molar-refractivity contribution < 1.29 is 4.79 Å². The molecule has 1 aromatic rings. The maximum atomic E-state index is 12.0. The summed E-state index contributed by atoms with van der Waals surface area (Å²) in [6, 6.07) is 3.61. The number of aromatic nitrogens is 1. The number of amides is 1. The molecule has 0 saturated carbocycles. The number of hydrogen-bond acceptors (Lipinski definition) is 2. The van der Waals surface area contributed by atoms with E-state index in [1.54, 1.807) is 12.3 Å². The Morgan fingerprint density at radius 1 is 1.50 bits per heavy atom. The fraction of sp³-hybridized carbons (Fsp3) is 0.538. The van der Waals surface area contributed by atoms with Crippen molar-refractivity contribution >= 4 is 37.8 Å². The summed E-state index contributed by atoms with van der Waals surface area (Å²) >= 11 is 6.75. The number of carbonyl (C=O) groups excluding carboxylic acids is 1. The molecule has 0 aliphatic rings. The van der Waals surface area contributed by atoms with Gasteiger partial charge < -0.3 is 5.32 Å². The largest absolute Gasteiger partial charge is 0.350 e. The molecule has 18 heavy (non-hydrogen) atoms. The van der Waals surface area contributed by atoms with Crippen LogP contribution in [0.25, 0.3) is 0 Å². The van der Waals surface area contributed by atoms with Crippen LogP contribution in [-0.4, -0.2) is 22.8 Å². The highest BCUT2D eigenvalue weighted by Gasteiger charge is 2.19. The number of nitrogens with one attached hydrogen (secondary N) is 1. The van der Waals surface area contributed by atoms with Gasteiger partial charge in [-0.1, -0.05) is 29.8 Å². The van der Waals surface area contributed by atoms with Gasteiger partial charge in [0.1, 0.15) is 5.69 Å². The van der Waals surface area contributed by atoms with Gasteiger partial charge in [0.05, 0.1) is 0 Å². The number of nitrogens with zero attached hydrogens (tertiary/aromatic N) is 1. The van der Waals surface area contributed by atoms with Crippen LogP contribution in [0.4, 0.5) is 0 Å². The first kappa shape index (κ1) is 15.6. The van der Waals surface area contributed by atoms with Gasteiger partial charge in [-0.3, -0.25) is 4.79 Å². The standard InChI is InChI=1S/C13H18Br2N2O/c1-13(2,6-4-7-14)9-17-12(18)11-10(15)5-3-8-16-11/h3,5,8H,4,6-7,9H2,1-2H3,(H,17,18). The second-order valence-electron chi connectivity index (χ2n) is 4.97. The summed E-state index contributed by atoms with van der Waals surface area (Å²) in [4.78, 5) is 16.0. The third-order valence-corrected chi connectivity index (χ3v) is 3.89. The molecule has 0 aromatic carbocycles. The highest BCUT2D eigenvalue weighted by Crippen LogP contribution is 2.22. The molecule has 0 saturated heterocycles. The predicted octanol–water partition coefficient (Wildman–Crippen LogP) is 3.78. The van der Waals surface area contributed by atoms with Crippen molar-refractivity contribution in [2.75, 3.05) is 11.9 Å². The minimum absolute atomic E-state index is 0.102. The molecule has 1 rings (SSSR count). The van der Waals surface area contributed by atoms with E-state index in [0.717, 1.165) is 22.6 Å². The number of alkyl halides is 1. The van der Waals surface area contributed by atoms with E-state index >= 15 is 0 Å². The van der Waals surface area contributed by atoms with Gasteiger partial charge in [0.15, 0.2) is 0 Å². The number of hydrogen-bond donors (Lipinski definition) is 1. The third kappa shape index (κ3) is 5.06. The highest BCUT2D eigenvalue weighted by atomic mass is 79.9. The van der Waals surface area contributed by atoms with Gasteiger partial charge in [0.25, 0.3) is 5.91 Å². The molecule has 0 unspecified atom stereocenters. The lowest BCUT2D eigenvalue weighted by molar-refractivity contribution is 0.0928. The van der Waals surface area contributed by atoms with Crippen LogP contribution < -0.4 is 5.32 Å². The summed E-state index contributed by atoms with van der Waals surface area (Å²) in [5.41, 5.74) is 0.541. The number of pyridine rings is 1. The molecule has 3 nitrogen and oxygen atoms in total. The van der Waals surface area contributed by atoms with Gasteiger partial charge in [-0.05, 0) is 46.3 Å². The molecule has 0 bridgehead atoms. The van der Waals surface area contributed by atoms with Crippen LogP contribution >= 0.6 is 31.9 Å². The molecule has 0 aliphatic carbocycles. The molecule has 0 radical (unpaired) electrons. The zero-order valence-corrected chi connectivity index (χ0v) is 13.8. The maximum absolute atomic E-state index is 12.0. The van der Waals surface area contributed by atoms with E-state index in [9.17, 15) is 4.79 Å². The van der Waals surface area contributed by atoms with Crippen molar-refractivity contribution in [1.82, 2.24) is 10.3 Å². The molecule has 1 N–H and O–H groups in total. The second-order valence-corrected chi connectivity index (χ2v) is 6.62. The molecule has 100 valence electrons. The minimum Gasteiger partial charge on any atom is -0.350 e. The number of halogens is 2. The van der Waals surface area contributed by atoms with Gasteiger partial charge in [0.2, 0.25) is 0 Å². The van der Waals surface area contributed by atoms with Crippen LogP contribution in [-0.2, 0) is 0 Å². The Morgan fingerprint density at radius 2 is 2.22 bits per heavy atom. The zero-order valence-electron chi connectivity index (χ0n) is 10.7. The fourth-order valence-electron chi connectivity index (χ4n) is 1.59. The van der Waals surface area contributed by atoms with Gasteiger partial charge in [-0.15, -0.1) is 0 Å². The maximum Gasteiger partial charge on any atom is 0.271 e. The second kappa shape index (κ2) is 7.24.